The van der Waals surface area contributed by atoms with Crippen LogP contribution in [-0.4, -0.2) is 31.1 Å². The van der Waals surface area contributed by atoms with Gasteiger partial charge in [-0.25, -0.2) is 4.68 Å². The van der Waals surface area contributed by atoms with Gasteiger partial charge in [0.2, 0.25) is 0 Å². The van der Waals surface area contributed by atoms with Crippen molar-refractivity contribution in [2.75, 3.05) is 5.32 Å². The number of imidazole rings is 1. The third-order valence-corrected chi connectivity index (χ3v) is 4.56. The van der Waals surface area contributed by atoms with E-state index in [1.165, 1.54) is 4.68 Å². The van der Waals surface area contributed by atoms with E-state index in [1.807, 2.05) is 30.3 Å². The van der Waals surface area contributed by atoms with E-state index in [4.69, 9.17) is 18.0 Å². The summed E-state index contributed by atoms with van der Waals surface area (Å²) in [5.74, 6) is -0.893. The summed E-state index contributed by atoms with van der Waals surface area (Å²) in [4.78, 5) is 26.9. The Morgan fingerprint density at radius 2 is 1.72 bits per heavy atom. The molecule has 4 aromatic rings. The van der Waals surface area contributed by atoms with Crippen LogP contribution in [-0.2, 0) is 0 Å². The van der Waals surface area contributed by atoms with Gasteiger partial charge in [-0.1, -0.05) is 18.2 Å². The molecule has 0 radical (unpaired) electrons. The van der Waals surface area contributed by atoms with Crippen molar-refractivity contribution in [3.05, 3.63) is 89.2 Å². The van der Waals surface area contributed by atoms with Gasteiger partial charge in [0, 0.05) is 23.8 Å². The number of rotatable bonds is 5. The number of H-pyrrole nitrogens is 1. The molecule has 0 aliphatic rings. The maximum Gasteiger partial charge on any atom is 0.274 e. The first-order valence-corrected chi connectivity index (χ1v) is 9.07. The van der Waals surface area contributed by atoms with Crippen molar-refractivity contribution >= 4 is 29.7 Å². The van der Waals surface area contributed by atoms with E-state index >= 15 is 0 Å². The number of hydrogen-bond donors (Lipinski definition) is 3. The Morgan fingerprint density at radius 1 is 1.00 bits per heavy atom. The Morgan fingerprint density at radius 3 is 2.38 bits per heavy atom. The summed E-state index contributed by atoms with van der Waals surface area (Å²) >= 11 is 5.32. The van der Waals surface area contributed by atoms with Crippen molar-refractivity contribution in [1.82, 2.24) is 19.3 Å². The van der Waals surface area contributed by atoms with E-state index < -0.39 is 5.91 Å². The molecule has 2 aromatic heterocycles. The molecule has 144 valence electrons. The Balaban J connectivity index is 1.55. The molecule has 0 aliphatic carbocycles. The van der Waals surface area contributed by atoms with Gasteiger partial charge in [0.1, 0.15) is 11.4 Å². The van der Waals surface area contributed by atoms with Crippen LogP contribution in [0.4, 0.5) is 5.69 Å². The lowest BCUT2D eigenvalue weighted by atomic mass is 10.2. The quantitative estimate of drug-likeness (QED) is 0.444. The van der Waals surface area contributed by atoms with Crippen molar-refractivity contribution in [3.8, 4) is 11.4 Å². The van der Waals surface area contributed by atoms with Gasteiger partial charge in [-0.05, 0) is 54.7 Å². The van der Waals surface area contributed by atoms with Crippen molar-refractivity contribution < 1.29 is 9.59 Å². The third kappa shape index (κ3) is 3.71. The largest absolute Gasteiger partial charge is 0.364 e. The lowest BCUT2D eigenvalue weighted by molar-refractivity contribution is 0.0992. The molecule has 2 amide bonds. The SMILES string of the molecule is NC(=O)c1ccn(-c2ccc(NC(=O)c3c[nH]c(=S)n3-c3ccccc3)cc2)n1. The topological polar surface area (TPSA) is 111 Å². The zero-order valence-electron chi connectivity index (χ0n) is 15.1. The van der Waals surface area contributed by atoms with Crippen LogP contribution in [0.1, 0.15) is 21.0 Å². The van der Waals surface area contributed by atoms with Gasteiger partial charge in [0.15, 0.2) is 4.77 Å². The second-order valence-electron chi connectivity index (χ2n) is 6.16. The first-order chi connectivity index (χ1) is 14.0. The number of carbonyl (C=O) groups is 2. The summed E-state index contributed by atoms with van der Waals surface area (Å²) in [5, 5.41) is 6.96. The number of nitrogens with zero attached hydrogens (tertiary/aromatic N) is 3. The van der Waals surface area contributed by atoms with Crippen molar-refractivity contribution in [2.24, 2.45) is 5.73 Å². The smallest absolute Gasteiger partial charge is 0.274 e. The molecule has 29 heavy (non-hydrogen) atoms. The van der Waals surface area contributed by atoms with Crippen molar-refractivity contribution in [3.63, 3.8) is 0 Å². The number of para-hydroxylation sites is 1. The van der Waals surface area contributed by atoms with Crippen LogP contribution in [0.15, 0.2) is 73.1 Å². The summed E-state index contributed by atoms with van der Waals surface area (Å²) in [6.45, 7) is 0. The predicted octanol–water partition coefficient (Wildman–Crippen LogP) is 3.07. The average Bonchev–Trinajstić information content (AvgIpc) is 3.36. The van der Waals surface area contributed by atoms with Crippen LogP contribution >= 0.6 is 12.2 Å². The van der Waals surface area contributed by atoms with Crippen molar-refractivity contribution in [1.29, 1.82) is 0 Å². The summed E-state index contributed by atoms with van der Waals surface area (Å²) < 4.78 is 3.64. The molecule has 4 N–H and O–H groups in total. The first kappa shape index (κ1) is 18.4. The Kier molecular flexibility index (Phi) is 4.80. The highest BCUT2D eigenvalue weighted by atomic mass is 32.1. The van der Waals surface area contributed by atoms with Crippen LogP contribution in [0, 0.1) is 4.77 Å². The second-order valence-corrected chi connectivity index (χ2v) is 6.55. The Bertz CT molecular complexity index is 1240. The van der Waals surface area contributed by atoms with Crippen LogP contribution in [0.5, 0.6) is 0 Å². The minimum Gasteiger partial charge on any atom is -0.364 e. The fraction of sp³-hybridized carbons (Fsp3) is 0. The zero-order valence-corrected chi connectivity index (χ0v) is 15.9. The van der Waals surface area contributed by atoms with E-state index in [9.17, 15) is 9.59 Å². The van der Waals surface area contributed by atoms with Gasteiger partial charge in [0.05, 0.1) is 5.69 Å². The fourth-order valence-electron chi connectivity index (χ4n) is 2.86. The van der Waals surface area contributed by atoms with E-state index in [2.05, 4.69) is 15.4 Å². The molecule has 0 aliphatic heterocycles. The lowest BCUT2D eigenvalue weighted by Crippen LogP contribution is -2.16. The highest BCUT2D eigenvalue weighted by molar-refractivity contribution is 7.71. The van der Waals surface area contributed by atoms with E-state index in [1.54, 1.807) is 47.3 Å². The summed E-state index contributed by atoms with van der Waals surface area (Å²) in [5.41, 5.74) is 7.92. The number of nitrogens with two attached hydrogens (primary N) is 1. The summed E-state index contributed by atoms with van der Waals surface area (Å²) in [6.07, 6.45) is 3.22. The molecule has 2 aromatic carbocycles. The lowest BCUT2D eigenvalue weighted by Gasteiger charge is -2.10. The normalized spacial score (nSPS) is 10.6. The number of benzene rings is 2. The minimum atomic E-state index is -0.591. The zero-order chi connectivity index (χ0) is 20.4. The molecule has 0 spiro atoms. The molecule has 4 rings (SSSR count). The van der Waals surface area contributed by atoms with Gasteiger partial charge < -0.3 is 16.0 Å². The van der Waals surface area contributed by atoms with Gasteiger partial charge in [0.25, 0.3) is 11.8 Å². The van der Waals surface area contributed by atoms with E-state index in [0.29, 0.717) is 16.2 Å². The molecule has 0 saturated carbocycles. The van der Waals surface area contributed by atoms with Gasteiger partial charge in [-0.2, -0.15) is 5.10 Å². The minimum absolute atomic E-state index is 0.181. The molecular formula is C20H16N6O2S. The van der Waals surface area contributed by atoms with E-state index in [-0.39, 0.29) is 11.6 Å². The highest BCUT2D eigenvalue weighted by Gasteiger charge is 2.15. The van der Waals surface area contributed by atoms with Crippen molar-refractivity contribution in [2.45, 2.75) is 0 Å². The van der Waals surface area contributed by atoms with Gasteiger partial charge in [-0.15, -0.1) is 0 Å². The molecule has 0 bridgehead atoms. The molecule has 0 atom stereocenters. The van der Waals surface area contributed by atoms with Crippen LogP contribution in [0.2, 0.25) is 0 Å². The fourth-order valence-corrected chi connectivity index (χ4v) is 3.12. The molecule has 0 fully saturated rings. The van der Waals surface area contributed by atoms with Crippen LogP contribution in [0.25, 0.3) is 11.4 Å². The number of primary amides is 1. The number of carbonyl (C=O) groups excluding carboxylic acids is 2. The predicted molar refractivity (Wildman–Crippen MR) is 111 cm³/mol. The average molecular weight is 404 g/mol. The van der Waals surface area contributed by atoms with Gasteiger partial charge in [-0.3, -0.25) is 14.2 Å². The first-order valence-electron chi connectivity index (χ1n) is 8.66. The summed E-state index contributed by atoms with van der Waals surface area (Å²) in [7, 11) is 0. The number of anilines is 1. The number of hydrogen-bond acceptors (Lipinski definition) is 4. The number of nitrogens with one attached hydrogen (secondary N) is 2. The Labute approximate surface area is 170 Å². The Hall–Kier alpha value is -3.98. The van der Waals surface area contributed by atoms with Crippen LogP contribution < -0.4 is 11.1 Å². The maximum atomic E-state index is 12.8. The highest BCUT2D eigenvalue weighted by Crippen LogP contribution is 2.17. The molecular weight excluding hydrogens is 388 g/mol. The van der Waals surface area contributed by atoms with Gasteiger partial charge >= 0.3 is 0 Å². The number of aromatic amines is 1. The second kappa shape index (κ2) is 7.56. The third-order valence-electron chi connectivity index (χ3n) is 4.25. The molecule has 9 heteroatoms. The molecule has 8 nitrogen and oxygen atoms in total. The number of aromatic nitrogens is 4. The monoisotopic (exact) mass is 404 g/mol. The standard InChI is InChI=1S/C20H16N6O2S/c21-18(27)16-10-11-25(24-16)14-8-6-13(7-9-14)23-19(28)17-12-22-20(29)26(17)15-4-2-1-3-5-15/h1-12H,(H2,21,27)(H,22,29)(H,23,28). The van der Waals surface area contributed by atoms with E-state index in [0.717, 1.165) is 11.4 Å². The summed E-state index contributed by atoms with van der Waals surface area (Å²) in [6, 6.07) is 18.0. The molecule has 2 heterocycles. The molecule has 0 unspecified atom stereocenters. The van der Waals surface area contributed by atoms with Crippen LogP contribution in [0.3, 0.4) is 0 Å². The maximum absolute atomic E-state index is 12.8. The molecule has 0 saturated heterocycles. The number of amides is 2.